The van der Waals surface area contributed by atoms with E-state index >= 15 is 0 Å². The van der Waals surface area contributed by atoms with Crippen LogP contribution in [0.1, 0.15) is 37.8 Å². The number of anilines is 1. The summed E-state index contributed by atoms with van der Waals surface area (Å²) < 4.78 is 0. The minimum Gasteiger partial charge on any atom is -0.363 e. The molecule has 1 aromatic heterocycles. The van der Waals surface area contributed by atoms with E-state index in [1.807, 2.05) is 25.3 Å². The zero-order valence-corrected chi connectivity index (χ0v) is 15.8. The molecule has 0 unspecified atom stereocenters. The number of rotatable bonds is 5. The topological polar surface area (TPSA) is 40.2 Å². The lowest BCUT2D eigenvalue weighted by atomic mass is 9.92. The van der Waals surface area contributed by atoms with E-state index in [1.165, 1.54) is 6.42 Å². The zero-order valence-electron chi connectivity index (χ0n) is 15.8. The van der Waals surface area contributed by atoms with Crippen molar-refractivity contribution >= 4 is 17.1 Å². The van der Waals surface area contributed by atoms with E-state index < -0.39 is 0 Å². The molecule has 0 bridgehead atoms. The molecule has 2 aliphatic rings. The summed E-state index contributed by atoms with van der Waals surface area (Å²) in [5, 5.41) is 6.61. The van der Waals surface area contributed by atoms with Crippen LogP contribution >= 0.6 is 0 Å². The van der Waals surface area contributed by atoms with Crippen LogP contribution in [-0.2, 0) is 0 Å². The third-order valence-electron chi connectivity index (χ3n) is 5.01. The Bertz CT molecular complexity index is 787. The number of allylic oxidation sites excluding steroid dienone is 4. The Morgan fingerprint density at radius 3 is 3.00 bits per heavy atom. The molecule has 2 atom stereocenters. The van der Waals surface area contributed by atoms with E-state index in [0.29, 0.717) is 6.17 Å². The highest BCUT2D eigenvalue weighted by atomic mass is 15.3. The van der Waals surface area contributed by atoms with E-state index in [9.17, 15) is 0 Å². The van der Waals surface area contributed by atoms with Crippen LogP contribution in [0.3, 0.4) is 0 Å². The number of aromatic nitrogens is 1. The van der Waals surface area contributed by atoms with Gasteiger partial charge in [-0.05, 0) is 49.6 Å². The van der Waals surface area contributed by atoms with E-state index in [1.54, 1.807) is 6.20 Å². The largest absolute Gasteiger partial charge is 0.363 e. The van der Waals surface area contributed by atoms with Gasteiger partial charge in [0.05, 0.1) is 0 Å². The van der Waals surface area contributed by atoms with Crippen molar-refractivity contribution in [2.75, 3.05) is 11.9 Å². The maximum absolute atomic E-state index is 4.70. The van der Waals surface area contributed by atoms with Gasteiger partial charge in [0.2, 0.25) is 0 Å². The molecule has 0 aromatic carbocycles. The Labute approximate surface area is 156 Å². The molecule has 1 fully saturated rings. The molecule has 4 heteroatoms. The summed E-state index contributed by atoms with van der Waals surface area (Å²) >= 11 is 0. The summed E-state index contributed by atoms with van der Waals surface area (Å²) in [7, 11) is 0. The first-order valence-electron chi connectivity index (χ1n) is 9.17. The summed E-state index contributed by atoms with van der Waals surface area (Å²) in [5.74, 6) is 1.65. The van der Waals surface area contributed by atoms with Crippen molar-refractivity contribution in [3.63, 3.8) is 0 Å². The number of piperidine rings is 1. The van der Waals surface area contributed by atoms with E-state index in [2.05, 4.69) is 54.3 Å². The Morgan fingerprint density at radius 1 is 1.46 bits per heavy atom. The summed E-state index contributed by atoms with van der Waals surface area (Å²) in [5.41, 5.74) is 5.01. The molecule has 2 N–H and O–H groups in total. The van der Waals surface area contributed by atoms with Gasteiger partial charge in [-0.3, -0.25) is 0 Å². The van der Waals surface area contributed by atoms with E-state index in [4.69, 9.17) is 4.98 Å². The van der Waals surface area contributed by atoms with Crippen LogP contribution in [-0.4, -0.2) is 22.6 Å². The lowest BCUT2D eigenvalue weighted by Crippen LogP contribution is -2.48. The van der Waals surface area contributed by atoms with Crippen LogP contribution < -0.4 is 10.6 Å². The number of hydrogen-bond donors (Lipinski definition) is 2. The van der Waals surface area contributed by atoms with Crippen molar-refractivity contribution in [2.45, 2.75) is 32.9 Å². The molecule has 2 aliphatic heterocycles. The van der Waals surface area contributed by atoms with Crippen molar-refractivity contribution in [3.8, 4) is 0 Å². The molecule has 0 radical (unpaired) electrons. The molecular weight excluding hydrogens is 320 g/mol. The summed E-state index contributed by atoms with van der Waals surface area (Å²) in [6.45, 7) is 17.4. The molecule has 3 heterocycles. The predicted octanol–water partition coefficient (Wildman–Crippen LogP) is 4.74. The molecule has 4 nitrogen and oxygen atoms in total. The normalized spacial score (nSPS) is 22.5. The van der Waals surface area contributed by atoms with Gasteiger partial charge in [0, 0.05) is 35.3 Å². The monoisotopic (exact) mass is 348 g/mol. The SMILES string of the molecule is C=CNC(=C)/C=C(\C=C/C)c1cnc2c(c1)C(=C)N1CC[C@H](C)C[C@@H]1N2. The molecule has 0 spiro atoms. The van der Waals surface area contributed by atoms with Gasteiger partial charge < -0.3 is 15.5 Å². The highest BCUT2D eigenvalue weighted by Gasteiger charge is 2.33. The summed E-state index contributed by atoms with van der Waals surface area (Å²) in [4.78, 5) is 7.08. The molecule has 0 amide bonds. The first-order valence-corrected chi connectivity index (χ1v) is 9.17. The standard InChI is InChI=1S/C22H28N4/c1-6-8-18(12-16(4)23-7-2)19-13-20-17(5)26-10-9-15(3)11-21(26)25-22(20)24-14-19/h6-8,12-15,21,23H,2,4-5,9-11H2,1,3H3,(H,24,25)/b8-6-,18-12+/t15-,21+/m0/s1. The second-order valence-electron chi connectivity index (χ2n) is 7.02. The number of fused-ring (bicyclic) bond motifs is 2. The quantitative estimate of drug-likeness (QED) is 0.754. The number of nitrogens with zero attached hydrogens (tertiary/aromatic N) is 2. The second kappa shape index (κ2) is 7.65. The first kappa shape index (κ1) is 18.1. The fourth-order valence-corrected chi connectivity index (χ4v) is 3.64. The molecule has 26 heavy (non-hydrogen) atoms. The Hall–Kier alpha value is -2.75. The van der Waals surface area contributed by atoms with Crippen molar-refractivity contribution in [1.82, 2.24) is 15.2 Å². The van der Waals surface area contributed by atoms with Gasteiger partial charge in [-0.25, -0.2) is 4.98 Å². The van der Waals surface area contributed by atoms with Gasteiger partial charge in [0.25, 0.3) is 0 Å². The maximum atomic E-state index is 4.70. The van der Waals surface area contributed by atoms with Crippen LogP contribution in [0.25, 0.3) is 11.3 Å². The average Bonchev–Trinajstić information content (AvgIpc) is 2.61. The summed E-state index contributed by atoms with van der Waals surface area (Å²) in [6, 6.07) is 2.17. The molecule has 3 rings (SSSR count). The lowest BCUT2D eigenvalue weighted by Gasteiger charge is -2.45. The van der Waals surface area contributed by atoms with Gasteiger partial charge in [0.1, 0.15) is 12.0 Å². The fourth-order valence-electron chi connectivity index (χ4n) is 3.64. The smallest absolute Gasteiger partial charge is 0.136 e. The van der Waals surface area contributed by atoms with Crippen LogP contribution in [0.15, 0.2) is 62.1 Å². The van der Waals surface area contributed by atoms with Crippen molar-refractivity contribution in [1.29, 1.82) is 0 Å². The van der Waals surface area contributed by atoms with Crippen molar-refractivity contribution < 1.29 is 0 Å². The van der Waals surface area contributed by atoms with Crippen LogP contribution in [0.5, 0.6) is 0 Å². The van der Waals surface area contributed by atoms with Crippen LogP contribution in [0, 0.1) is 5.92 Å². The van der Waals surface area contributed by atoms with Gasteiger partial charge >= 0.3 is 0 Å². The van der Waals surface area contributed by atoms with Crippen LogP contribution in [0.4, 0.5) is 5.82 Å². The van der Waals surface area contributed by atoms with Crippen LogP contribution in [0.2, 0.25) is 0 Å². The first-order chi connectivity index (χ1) is 12.5. The maximum Gasteiger partial charge on any atom is 0.136 e. The molecule has 136 valence electrons. The minimum atomic E-state index is 0.305. The molecule has 1 aromatic rings. The lowest BCUT2D eigenvalue weighted by molar-refractivity contribution is 0.200. The summed E-state index contributed by atoms with van der Waals surface area (Å²) in [6.07, 6.45) is 12.2. The second-order valence-corrected chi connectivity index (χ2v) is 7.02. The van der Waals surface area contributed by atoms with E-state index in [-0.39, 0.29) is 0 Å². The third-order valence-corrected chi connectivity index (χ3v) is 5.01. The Kier molecular flexibility index (Phi) is 5.31. The average molecular weight is 348 g/mol. The van der Waals surface area contributed by atoms with E-state index in [0.717, 1.165) is 52.8 Å². The number of pyridine rings is 1. The van der Waals surface area contributed by atoms with Gasteiger partial charge in [0.15, 0.2) is 0 Å². The predicted molar refractivity (Wildman–Crippen MR) is 111 cm³/mol. The number of hydrogen-bond acceptors (Lipinski definition) is 4. The van der Waals surface area contributed by atoms with Crippen molar-refractivity contribution in [3.05, 3.63) is 73.3 Å². The van der Waals surface area contributed by atoms with Gasteiger partial charge in [-0.2, -0.15) is 0 Å². The third kappa shape index (κ3) is 3.59. The molecule has 1 saturated heterocycles. The fraction of sp³-hybridized carbons (Fsp3) is 0.318. The molecular formula is C22H28N4. The molecule has 0 aliphatic carbocycles. The van der Waals surface area contributed by atoms with Gasteiger partial charge in [-0.15, -0.1) is 0 Å². The number of nitrogens with one attached hydrogen (secondary N) is 2. The molecule has 0 saturated carbocycles. The highest BCUT2D eigenvalue weighted by molar-refractivity contribution is 5.81. The zero-order chi connectivity index (χ0) is 18.7. The van der Waals surface area contributed by atoms with Gasteiger partial charge in [-0.1, -0.05) is 38.8 Å². The Morgan fingerprint density at radius 2 is 2.27 bits per heavy atom. The highest BCUT2D eigenvalue weighted by Crippen LogP contribution is 2.38. The Balaban J connectivity index is 1.95. The van der Waals surface area contributed by atoms with Crippen molar-refractivity contribution in [2.24, 2.45) is 5.92 Å². The minimum absolute atomic E-state index is 0.305.